The van der Waals surface area contributed by atoms with Crippen LogP contribution in [-0.2, 0) is 19.6 Å². The molecule has 22 heavy (non-hydrogen) atoms. The summed E-state index contributed by atoms with van der Waals surface area (Å²) < 4.78 is 33.6. The van der Waals surface area contributed by atoms with Crippen molar-refractivity contribution >= 4 is 45.6 Å². The first kappa shape index (κ1) is 24.6. The molecule has 7 heteroatoms. The van der Waals surface area contributed by atoms with Gasteiger partial charge in [-0.05, 0) is 6.42 Å². The first-order chi connectivity index (χ1) is 9.95. The van der Waals surface area contributed by atoms with Crippen LogP contribution in [0.3, 0.4) is 0 Å². The fourth-order valence-electron chi connectivity index (χ4n) is 2.15. The quantitative estimate of drug-likeness (QED) is 0.226. The zero-order valence-corrected chi connectivity index (χ0v) is 14.0. The Morgan fingerprint density at radius 2 is 1.27 bits per heavy atom. The predicted molar refractivity (Wildman–Crippen MR) is 90.7 cm³/mol. The summed E-state index contributed by atoms with van der Waals surface area (Å²) in [6, 6.07) is 0. The van der Waals surface area contributed by atoms with Crippen molar-refractivity contribution < 1.29 is 22.5 Å². The number of rotatable bonds is 14. The van der Waals surface area contributed by atoms with Gasteiger partial charge in [0.2, 0.25) is 5.94 Å². The minimum absolute atomic E-state index is 0. The third kappa shape index (κ3) is 20.4. The second-order valence-electron chi connectivity index (χ2n) is 5.50. The number of carbonyl (C=O) groups is 1. The summed E-state index contributed by atoms with van der Waals surface area (Å²) in [6.07, 6.45) is 13.3. The van der Waals surface area contributed by atoms with Crippen molar-refractivity contribution in [3.8, 4) is 0 Å². The van der Waals surface area contributed by atoms with E-state index in [1.807, 2.05) is 0 Å². The van der Waals surface area contributed by atoms with Crippen molar-refractivity contribution in [3.05, 3.63) is 0 Å². The SMILES string of the molecule is CCCCCCCCCCCCCC(=O)OCS(=O)(=O)O.[NaH]. The van der Waals surface area contributed by atoms with Crippen LogP contribution in [0.25, 0.3) is 0 Å². The second kappa shape index (κ2) is 16.2. The monoisotopic (exact) mass is 346 g/mol. The molecule has 0 aliphatic carbocycles. The van der Waals surface area contributed by atoms with E-state index in [0.717, 1.165) is 12.8 Å². The van der Waals surface area contributed by atoms with E-state index in [9.17, 15) is 13.2 Å². The number of hydrogen-bond donors (Lipinski definition) is 1. The molecule has 0 atom stereocenters. The van der Waals surface area contributed by atoms with Gasteiger partial charge in [0.15, 0.2) is 0 Å². The maximum absolute atomic E-state index is 11.2. The van der Waals surface area contributed by atoms with Crippen molar-refractivity contribution in [3.63, 3.8) is 0 Å². The molecular formula is C15H31NaO5S. The van der Waals surface area contributed by atoms with Gasteiger partial charge in [-0.1, -0.05) is 71.1 Å². The molecule has 0 rings (SSSR count). The van der Waals surface area contributed by atoms with Gasteiger partial charge >= 0.3 is 45.6 Å². The van der Waals surface area contributed by atoms with Crippen LogP contribution in [0.4, 0.5) is 0 Å². The van der Waals surface area contributed by atoms with E-state index in [1.165, 1.54) is 51.4 Å². The molecule has 0 fully saturated rings. The summed E-state index contributed by atoms with van der Waals surface area (Å²) in [6.45, 7) is 2.22. The molecule has 1 N–H and O–H groups in total. The summed E-state index contributed by atoms with van der Waals surface area (Å²) in [7, 11) is -4.22. The van der Waals surface area contributed by atoms with Crippen molar-refractivity contribution in [2.45, 2.75) is 84.0 Å². The zero-order valence-electron chi connectivity index (χ0n) is 13.2. The number of unbranched alkanes of at least 4 members (excludes halogenated alkanes) is 10. The van der Waals surface area contributed by atoms with Gasteiger partial charge in [0.1, 0.15) is 0 Å². The van der Waals surface area contributed by atoms with E-state index in [-0.39, 0.29) is 36.0 Å². The van der Waals surface area contributed by atoms with Crippen LogP contribution in [0.2, 0.25) is 0 Å². The van der Waals surface area contributed by atoms with Crippen LogP contribution in [0.1, 0.15) is 84.0 Å². The Hall–Kier alpha value is 0.380. The van der Waals surface area contributed by atoms with Gasteiger partial charge < -0.3 is 4.74 Å². The molecule has 128 valence electrons. The first-order valence-electron chi connectivity index (χ1n) is 8.06. The van der Waals surface area contributed by atoms with Gasteiger partial charge in [0.05, 0.1) is 0 Å². The molecule has 0 aliphatic heterocycles. The Labute approximate surface area is 157 Å². The van der Waals surface area contributed by atoms with Crippen LogP contribution in [0.15, 0.2) is 0 Å². The summed E-state index contributed by atoms with van der Waals surface area (Å²) >= 11 is 0. The topological polar surface area (TPSA) is 80.7 Å². The van der Waals surface area contributed by atoms with Crippen LogP contribution in [-0.4, -0.2) is 54.4 Å². The molecule has 0 aliphatic rings. The van der Waals surface area contributed by atoms with E-state index in [2.05, 4.69) is 11.7 Å². The Balaban J connectivity index is 0. The predicted octanol–water partition coefficient (Wildman–Crippen LogP) is 3.43. The van der Waals surface area contributed by atoms with Crippen LogP contribution >= 0.6 is 0 Å². The van der Waals surface area contributed by atoms with E-state index in [4.69, 9.17) is 4.55 Å². The molecule has 0 aromatic heterocycles. The van der Waals surface area contributed by atoms with Crippen molar-refractivity contribution in [1.82, 2.24) is 0 Å². The van der Waals surface area contributed by atoms with E-state index >= 15 is 0 Å². The summed E-state index contributed by atoms with van der Waals surface area (Å²) in [5, 5.41) is 0. The summed E-state index contributed by atoms with van der Waals surface area (Å²) in [5.41, 5.74) is 0. The third-order valence-corrected chi connectivity index (χ3v) is 3.77. The van der Waals surface area contributed by atoms with Gasteiger partial charge in [-0.2, -0.15) is 8.42 Å². The zero-order chi connectivity index (χ0) is 16.0. The molecule has 5 nitrogen and oxygen atoms in total. The molecule has 0 aromatic rings. The Morgan fingerprint density at radius 3 is 1.68 bits per heavy atom. The second-order valence-corrected chi connectivity index (χ2v) is 6.90. The average molecular weight is 346 g/mol. The fraction of sp³-hybridized carbons (Fsp3) is 0.933. The maximum atomic E-state index is 11.2. The first-order valence-corrected chi connectivity index (χ1v) is 9.67. The molecule has 0 saturated carbocycles. The molecule has 0 aromatic carbocycles. The molecular weight excluding hydrogens is 315 g/mol. The van der Waals surface area contributed by atoms with Crippen molar-refractivity contribution in [2.75, 3.05) is 5.94 Å². The normalized spacial score (nSPS) is 11.0. The van der Waals surface area contributed by atoms with E-state index in [1.54, 1.807) is 0 Å². The average Bonchev–Trinajstić information content (AvgIpc) is 2.42. The molecule has 0 heterocycles. The van der Waals surface area contributed by atoms with Gasteiger partial charge in [-0.25, -0.2) is 0 Å². The molecule has 0 spiro atoms. The fourth-order valence-corrected chi connectivity index (χ4v) is 2.43. The Bertz CT molecular complexity index is 357. The van der Waals surface area contributed by atoms with Crippen molar-refractivity contribution in [1.29, 1.82) is 0 Å². The molecule has 0 bridgehead atoms. The third-order valence-electron chi connectivity index (χ3n) is 3.35. The van der Waals surface area contributed by atoms with Crippen LogP contribution in [0.5, 0.6) is 0 Å². The number of hydrogen-bond acceptors (Lipinski definition) is 4. The van der Waals surface area contributed by atoms with Gasteiger partial charge in [0, 0.05) is 6.42 Å². The molecule has 0 amide bonds. The van der Waals surface area contributed by atoms with Gasteiger partial charge in [-0.3, -0.25) is 9.35 Å². The number of carbonyl (C=O) groups excluding carboxylic acids is 1. The van der Waals surface area contributed by atoms with Crippen LogP contribution < -0.4 is 0 Å². The standard InChI is InChI=1S/C15H30O5S.Na.H/c1-2-3-4-5-6-7-8-9-10-11-12-13-15(16)20-14-21(17,18)19;;/h2-14H2,1H3,(H,17,18,19);;. The van der Waals surface area contributed by atoms with Crippen molar-refractivity contribution in [2.24, 2.45) is 0 Å². The summed E-state index contributed by atoms with van der Waals surface area (Å²) in [5.74, 6) is -1.51. The van der Waals surface area contributed by atoms with E-state index < -0.39 is 22.0 Å². The van der Waals surface area contributed by atoms with E-state index in [0.29, 0.717) is 6.42 Å². The van der Waals surface area contributed by atoms with Gasteiger partial charge in [0.25, 0.3) is 0 Å². The Kier molecular flexibility index (Phi) is 18.2. The molecule has 0 unspecified atom stereocenters. The number of esters is 1. The molecule has 0 radical (unpaired) electrons. The summed E-state index contributed by atoms with van der Waals surface area (Å²) in [4.78, 5) is 11.2. The van der Waals surface area contributed by atoms with Gasteiger partial charge in [-0.15, -0.1) is 0 Å². The van der Waals surface area contributed by atoms with Crippen LogP contribution in [0, 0.1) is 0 Å². The minimum atomic E-state index is -4.22. The number of ether oxygens (including phenoxy) is 1. The Morgan fingerprint density at radius 1 is 0.864 bits per heavy atom. The molecule has 0 saturated heterocycles.